The maximum absolute atomic E-state index is 12.6. The van der Waals surface area contributed by atoms with Crippen LogP contribution in [-0.2, 0) is 4.79 Å². The smallest absolute Gasteiger partial charge is 0.325 e. The first kappa shape index (κ1) is 9.59. The molecule has 13 heavy (non-hydrogen) atoms. The first-order chi connectivity index (χ1) is 6.06. The van der Waals surface area contributed by atoms with Crippen LogP contribution >= 0.6 is 0 Å². The molecule has 0 fully saturated rings. The van der Waals surface area contributed by atoms with Gasteiger partial charge in [-0.05, 0) is 0 Å². The molecule has 1 heterocycles. The highest BCUT2D eigenvalue weighted by atomic mass is 19.3. The van der Waals surface area contributed by atoms with E-state index < -0.39 is 18.4 Å². The molecule has 0 unspecified atom stereocenters. The summed E-state index contributed by atoms with van der Waals surface area (Å²) >= 11 is 0. The molecule has 5 nitrogen and oxygen atoms in total. The molecule has 0 bridgehead atoms. The van der Waals surface area contributed by atoms with Crippen molar-refractivity contribution in [1.82, 2.24) is 10.2 Å². The third-order valence-corrected chi connectivity index (χ3v) is 1.34. The van der Waals surface area contributed by atoms with Crippen LogP contribution in [-0.4, -0.2) is 28.6 Å². The van der Waals surface area contributed by atoms with Crippen molar-refractivity contribution in [1.29, 1.82) is 0 Å². The van der Waals surface area contributed by atoms with Gasteiger partial charge >= 0.3 is 5.92 Å². The summed E-state index contributed by atoms with van der Waals surface area (Å²) in [5.41, 5.74) is 4.88. The van der Waals surface area contributed by atoms with E-state index in [9.17, 15) is 13.6 Å². The van der Waals surface area contributed by atoms with E-state index in [0.717, 1.165) is 0 Å². The SMILES string of the molecule is NCC(F)(F)C(=O)Nc1cn[nH]c1. The molecule has 72 valence electrons. The van der Waals surface area contributed by atoms with Crippen molar-refractivity contribution in [3.63, 3.8) is 0 Å². The standard InChI is InChI=1S/C6H8F2N4O/c7-6(8,3-9)5(13)12-4-1-10-11-2-4/h1-2H,3,9H2,(H,10,11)(H,12,13). The summed E-state index contributed by atoms with van der Waals surface area (Å²) in [7, 11) is 0. The summed E-state index contributed by atoms with van der Waals surface area (Å²) in [5, 5.41) is 7.78. The van der Waals surface area contributed by atoms with Gasteiger partial charge in [-0.1, -0.05) is 0 Å². The number of aromatic amines is 1. The van der Waals surface area contributed by atoms with E-state index in [1.54, 1.807) is 0 Å². The molecule has 0 atom stereocenters. The number of hydrogen-bond donors (Lipinski definition) is 3. The summed E-state index contributed by atoms with van der Waals surface area (Å²) in [5.74, 6) is -4.98. The Bertz CT molecular complexity index is 285. The lowest BCUT2D eigenvalue weighted by Crippen LogP contribution is -2.41. The minimum Gasteiger partial charge on any atom is -0.325 e. The molecule has 4 N–H and O–H groups in total. The molecule has 0 aliphatic rings. The largest absolute Gasteiger partial charge is 0.336 e. The van der Waals surface area contributed by atoms with Gasteiger partial charge in [0, 0.05) is 6.20 Å². The van der Waals surface area contributed by atoms with Crippen molar-refractivity contribution in [2.24, 2.45) is 5.73 Å². The van der Waals surface area contributed by atoms with E-state index in [1.165, 1.54) is 12.4 Å². The molecule has 0 aliphatic heterocycles. The van der Waals surface area contributed by atoms with Crippen LogP contribution in [0.3, 0.4) is 0 Å². The number of halogens is 2. The normalized spacial score (nSPS) is 11.3. The Balaban J connectivity index is 2.61. The summed E-state index contributed by atoms with van der Waals surface area (Å²) in [6, 6.07) is 0. The molecule has 1 aromatic rings. The van der Waals surface area contributed by atoms with Crippen LogP contribution in [0.15, 0.2) is 12.4 Å². The zero-order valence-electron chi connectivity index (χ0n) is 6.55. The van der Waals surface area contributed by atoms with Crippen LogP contribution in [0.2, 0.25) is 0 Å². The summed E-state index contributed by atoms with van der Waals surface area (Å²) in [4.78, 5) is 10.8. The number of nitrogens with zero attached hydrogens (tertiary/aromatic N) is 1. The number of nitrogens with two attached hydrogens (primary N) is 1. The molecule has 1 aromatic heterocycles. The average Bonchev–Trinajstić information content (AvgIpc) is 2.57. The zero-order chi connectivity index (χ0) is 9.90. The Morgan fingerprint density at radius 2 is 2.46 bits per heavy atom. The van der Waals surface area contributed by atoms with Crippen molar-refractivity contribution in [2.75, 3.05) is 11.9 Å². The second kappa shape index (κ2) is 3.48. The van der Waals surface area contributed by atoms with Crippen molar-refractivity contribution in [2.45, 2.75) is 5.92 Å². The number of aromatic nitrogens is 2. The first-order valence-corrected chi connectivity index (χ1v) is 3.44. The van der Waals surface area contributed by atoms with E-state index in [-0.39, 0.29) is 5.69 Å². The highest BCUT2D eigenvalue weighted by Gasteiger charge is 2.37. The van der Waals surface area contributed by atoms with E-state index in [1.807, 2.05) is 5.32 Å². The molecule has 7 heteroatoms. The Labute approximate surface area is 72.3 Å². The lowest BCUT2D eigenvalue weighted by Gasteiger charge is -2.11. The second-order valence-electron chi connectivity index (χ2n) is 2.35. The number of carbonyl (C=O) groups excluding carboxylic acids is 1. The van der Waals surface area contributed by atoms with Crippen LogP contribution in [0.5, 0.6) is 0 Å². The van der Waals surface area contributed by atoms with Gasteiger partial charge in [-0.2, -0.15) is 13.9 Å². The van der Waals surface area contributed by atoms with Gasteiger partial charge in [0.2, 0.25) is 0 Å². The van der Waals surface area contributed by atoms with E-state index in [2.05, 4.69) is 10.2 Å². The lowest BCUT2D eigenvalue weighted by molar-refractivity contribution is -0.138. The molecular formula is C6H8F2N4O. The molecule has 0 aliphatic carbocycles. The maximum Gasteiger partial charge on any atom is 0.336 e. The third kappa shape index (κ3) is 2.22. The van der Waals surface area contributed by atoms with Gasteiger partial charge in [0.15, 0.2) is 0 Å². The van der Waals surface area contributed by atoms with Crippen molar-refractivity contribution in [3.05, 3.63) is 12.4 Å². The molecular weight excluding hydrogens is 182 g/mol. The Hall–Kier alpha value is -1.50. The first-order valence-electron chi connectivity index (χ1n) is 3.44. The molecule has 1 amide bonds. The number of H-pyrrole nitrogens is 1. The number of hydrogen-bond acceptors (Lipinski definition) is 3. The number of amides is 1. The minimum absolute atomic E-state index is 0.179. The zero-order valence-corrected chi connectivity index (χ0v) is 6.55. The van der Waals surface area contributed by atoms with E-state index in [0.29, 0.717) is 0 Å². The molecule has 0 saturated carbocycles. The van der Waals surface area contributed by atoms with Crippen LogP contribution in [0, 0.1) is 0 Å². The van der Waals surface area contributed by atoms with Gasteiger partial charge in [-0.15, -0.1) is 0 Å². The predicted octanol–water partition coefficient (Wildman–Crippen LogP) is -0.0578. The van der Waals surface area contributed by atoms with Gasteiger partial charge in [0.1, 0.15) is 0 Å². The number of alkyl halides is 2. The topological polar surface area (TPSA) is 83.8 Å². The molecule has 0 saturated heterocycles. The third-order valence-electron chi connectivity index (χ3n) is 1.34. The van der Waals surface area contributed by atoms with Crippen molar-refractivity contribution in [3.8, 4) is 0 Å². The maximum atomic E-state index is 12.6. The lowest BCUT2D eigenvalue weighted by atomic mass is 10.3. The average molecular weight is 190 g/mol. The van der Waals surface area contributed by atoms with E-state index >= 15 is 0 Å². The fourth-order valence-electron chi connectivity index (χ4n) is 0.634. The number of anilines is 1. The Kier molecular flexibility index (Phi) is 2.57. The van der Waals surface area contributed by atoms with Crippen molar-refractivity contribution < 1.29 is 13.6 Å². The molecule has 0 aromatic carbocycles. The van der Waals surface area contributed by atoms with Gasteiger partial charge in [-0.3, -0.25) is 9.89 Å². The highest BCUT2D eigenvalue weighted by molar-refractivity contribution is 5.95. The fourth-order valence-corrected chi connectivity index (χ4v) is 0.634. The molecule has 0 radical (unpaired) electrons. The van der Waals surface area contributed by atoms with Crippen LogP contribution < -0.4 is 11.1 Å². The van der Waals surface area contributed by atoms with Crippen molar-refractivity contribution >= 4 is 11.6 Å². The molecule has 0 spiro atoms. The minimum atomic E-state index is -3.54. The van der Waals surface area contributed by atoms with Gasteiger partial charge in [0.25, 0.3) is 5.91 Å². The van der Waals surface area contributed by atoms with Gasteiger partial charge in [0.05, 0.1) is 18.4 Å². The monoisotopic (exact) mass is 190 g/mol. The van der Waals surface area contributed by atoms with Crippen LogP contribution in [0.1, 0.15) is 0 Å². The number of nitrogens with one attached hydrogen (secondary N) is 2. The molecule has 1 rings (SSSR count). The Morgan fingerprint density at radius 1 is 1.77 bits per heavy atom. The highest BCUT2D eigenvalue weighted by Crippen LogP contribution is 2.14. The van der Waals surface area contributed by atoms with Crippen LogP contribution in [0.25, 0.3) is 0 Å². The summed E-state index contributed by atoms with van der Waals surface area (Å²) in [6.45, 7) is -1.02. The summed E-state index contributed by atoms with van der Waals surface area (Å²) < 4.78 is 25.1. The summed E-state index contributed by atoms with van der Waals surface area (Å²) in [6.07, 6.45) is 2.50. The number of carbonyl (C=O) groups is 1. The quantitative estimate of drug-likeness (QED) is 0.624. The van der Waals surface area contributed by atoms with Crippen LogP contribution in [0.4, 0.5) is 14.5 Å². The van der Waals surface area contributed by atoms with Gasteiger partial charge in [-0.25, -0.2) is 0 Å². The Morgan fingerprint density at radius 3 is 2.92 bits per heavy atom. The van der Waals surface area contributed by atoms with Gasteiger partial charge < -0.3 is 11.1 Å². The second-order valence-corrected chi connectivity index (χ2v) is 2.35. The van der Waals surface area contributed by atoms with E-state index in [4.69, 9.17) is 5.73 Å². The fraction of sp³-hybridized carbons (Fsp3) is 0.333. The predicted molar refractivity (Wildman–Crippen MR) is 41.2 cm³/mol. The number of rotatable bonds is 3.